The first-order valence-electron chi connectivity index (χ1n) is 8.86. The molecule has 0 aliphatic carbocycles. The minimum absolute atomic E-state index is 0.0948. The van der Waals surface area contributed by atoms with Crippen LogP contribution in [0, 0.1) is 0 Å². The van der Waals surface area contributed by atoms with Crippen LogP contribution in [0.15, 0.2) is 48.7 Å². The second kappa shape index (κ2) is 8.48. The third-order valence-electron chi connectivity index (χ3n) is 4.49. The third-order valence-corrected chi connectivity index (χ3v) is 4.49. The summed E-state index contributed by atoms with van der Waals surface area (Å²) in [6, 6.07) is 14.1. The molecule has 4 nitrogen and oxygen atoms in total. The fraction of sp³-hybridized carbons (Fsp3) is 0.400. The summed E-state index contributed by atoms with van der Waals surface area (Å²) in [6.45, 7) is 2.76. The second-order valence-electron chi connectivity index (χ2n) is 6.29. The Labute approximate surface area is 143 Å². The number of carbonyl (C=O) groups is 1. The molecule has 2 aromatic rings. The molecule has 0 bridgehead atoms. The largest absolute Gasteiger partial charge is 0.371 e. The number of pyridine rings is 1. The van der Waals surface area contributed by atoms with Crippen LogP contribution in [0.4, 0.5) is 5.69 Å². The number of carbonyl (C=O) groups excluding carboxylic acids is 1. The Morgan fingerprint density at radius 1 is 1.04 bits per heavy atom. The number of anilines is 1. The first-order valence-corrected chi connectivity index (χ1v) is 8.86. The van der Waals surface area contributed by atoms with E-state index in [2.05, 4.69) is 27.3 Å². The van der Waals surface area contributed by atoms with Crippen LogP contribution >= 0.6 is 0 Å². The molecule has 3 rings (SSSR count). The molecule has 24 heavy (non-hydrogen) atoms. The van der Waals surface area contributed by atoms with Gasteiger partial charge < -0.3 is 10.2 Å². The summed E-state index contributed by atoms with van der Waals surface area (Å²) in [6.07, 6.45) is 7.62. The van der Waals surface area contributed by atoms with Crippen molar-refractivity contribution in [3.63, 3.8) is 0 Å². The molecule has 0 spiro atoms. The number of hydrogen-bond donors (Lipinski definition) is 1. The van der Waals surface area contributed by atoms with Crippen LogP contribution in [0.3, 0.4) is 0 Å². The number of rotatable bonds is 5. The number of nitrogens with one attached hydrogen (secondary N) is 1. The summed E-state index contributed by atoms with van der Waals surface area (Å²) in [4.78, 5) is 19.0. The maximum absolute atomic E-state index is 12.3. The van der Waals surface area contributed by atoms with Gasteiger partial charge in [0.1, 0.15) is 5.69 Å². The average Bonchev–Trinajstić information content (AvgIpc) is 2.92. The van der Waals surface area contributed by atoms with Crippen LogP contribution in [0.5, 0.6) is 0 Å². The first kappa shape index (κ1) is 16.5. The molecule has 1 aliphatic heterocycles. The maximum Gasteiger partial charge on any atom is 0.269 e. The van der Waals surface area contributed by atoms with Gasteiger partial charge in [-0.05, 0) is 37.0 Å². The van der Waals surface area contributed by atoms with E-state index in [0.29, 0.717) is 12.2 Å². The number of benzene rings is 1. The van der Waals surface area contributed by atoms with Crippen molar-refractivity contribution in [2.45, 2.75) is 32.1 Å². The highest BCUT2D eigenvalue weighted by atomic mass is 16.1. The SMILES string of the molecule is O=C(NCCc1ccccc1)c1cc(N2CCCCCC2)ccn1. The van der Waals surface area contributed by atoms with Gasteiger partial charge >= 0.3 is 0 Å². The molecule has 1 saturated heterocycles. The molecule has 1 amide bonds. The molecule has 2 heterocycles. The van der Waals surface area contributed by atoms with Crippen molar-refractivity contribution in [1.82, 2.24) is 10.3 Å². The summed E-state index contributed by atoms with van der Waals surface area (Å²) in [5, 5.41) is 2.97. The van der Waals surface area contributed by atoms with E-state index in [9.17, 15) is 4.79 Å². The molecule has 1 fully saturated rings. The number of nitrogens with zero attached hydrogens (tertiary/aromatic N) is 2. The van der Waals surface area contributed by atoms with Gasteiger partial charge in [-0.1, -0.05) is 43.2 Å². The molecule has 4 heteroatoms. The second-order valence-corrected chi connectivity index (χ2v) is 6.29. The standard InChI is InChI=1S/C20H25N3O/c24-20(22-12-10-17-8-4-3-5-9-17)19-16-18(11-13-21-19)23-14-6-1-2-7-15-23/h3-5,8-9,11,13,16H,1-2,6-7,10,12,14-15H2,(H,22,24). The lowest BCUT2D eigenvalue weighted by molar-refractivity contribution is 0.0949. The Balaban J connectivity index is 1.57. The highest BCUT2D eigenvalue weighted by Gasteiger charge is 2.13. The van der Waals surface area contributed by atoms with Gasteiger partial charge in [0, 0.05) is 31.5 Å². The lowest BCUT2D eigenvalue weighted by Gasteiger charge is -2.22. The monoisotopic (exact) mass is 323 g/mol. The number of hydrogen-bond acceptors (Lipinski definition) is 3. The first-order chi connectivity index (χ1) is 11.8. The predicted octanol–water partition coefficient (Wildman–Crippen LogP) is 3.43. The molecular formula is C20H25N3O. The quantitative estimate of drug-likeness (QED) is 0.917. The normalized spacial score (nSPS) is 14.9. The smallest absolute Gasteiger partial charge is 0.269 e. The Morgan fingerprint density at radius 2 is 1.79 bits per heavy atom. The molecule has 1 aromatic carbocycles. The van der Waals surface area contributed by atoms with Crippen molar-refractivity contribution in [3.8, 4) is 0 Å². The molecule has 0 atom stereocenters. The van der Waals surface area contributed by atoms with E-state index in [1.807, 2.05) is 30.3 Å². The van der Waals surface area contributed by atoms with Crippen molar-refractivity contribution < 1.29 is 4.79 Å². The fourth-order valence-electron chi connectivity index (χ4n) is 3.12. The van der Waals surface area contributed by atoms with Crippen LogP contribution in [0.1, 0.15) is 41.7 Å². The van der Waals surface area contributed by atoms with E-state index in [1.54, 1.807) is 6.20 Å². The highest BCUT2D eigenvalue weighted by Crippen LogP contribution is 2.19. The lowest BCUT2D eigenvalue weighted by atomic mass is 10.1. The van der Waals surface area contributed by atoms with E-state index < -0.39 is 0 Å². The summed E-state index contributed by atoms with van der Waals surface area (Å²) < 4.78 is 0. The molecule has 0 saturated carbocycles. The van der Waals surface area contributed by atoms with Gasteiger partial charge in [0.05, 0.1) is 0 Å². The molecule has 1 N–H and O–H groups in total. The van der Waals surface area contributed by atoms with Gasteiger partial charge in [-0.15, -0.1) is 0 Å². The van der Waals surface area contributed by atoms with Gasteiger partial charge in [0.15, 0.2) is 0 Å². The topological polar surface area (TPSA) is 45.2 Å². The van der Waals surface area contributed by atoms with Gasteiger partial charge in [-0.2, -0.15) is 0 Å². The minimum atomic E-state index is -0.0948. The maximum atomic E-state index is 12.3. The molecular weight excluding hydrogens is 298 g/mol. The molecule has 1 aromatic heterocycles. The zero-order valence-corrected chi connectivity index (χ0v) is 14.1. The summed E-state index contributed by atoms with van der Waals surface area (Å²) in [7, 11) is 0. The van der Waals surface area contributed by atoms with E-state index in [-0.39, 0.29) is 5.91 Å². The van der Waals surface area contributed by atoms with Crippen LogP contribution in [0.2, 0.25) is 0 Å². The molecule has 0 radical (unpaired) electrons. The van der Waals surface area contributed by atoms with Crippen molar-refractivity contribution in [2.75, 3.05) is 24.5 Å². The van der Waals surface area contributed by atoms with Crippen LogP contribution in [-0.2, 0) is 6.42 Å². The van der Waals surface area contributed by atoms with E-state index in [4.69, 9.17) is 0 Å². The Hall–Kier alpha value is -2.36. The summed E-state index contributed by atoms with van der Waals surface area (Å²) >= 11 is 0. The average molecular weight is 323 g/mol. The van der Waals surface area contributed by atoms with Gasteiger partial charge in [-0.3, -0.25) is 9.78 Å². The molecule has 1 aliphatic rings. The Kier molecular flexibility index (Phi) is 5.83. The van der Waals surface area contributed by atoms with Crippen molar-refractivity contribution >= 4 is 11.6 Å². The third kappa shape index (κ3) is 4.57. The predicted molar refractivity (Wildman–Crippen MR) is 97.4 cm³/mol. The highest BCUT2D eigenvalue weighted by molar-refractivity contribution is 5.93. The van der Waals surface area contributed by atoms with Crippen molar-refractivity contribution in [2.24, 2.45) is 0 Å². The number of aromatic nitrogens is 1. The van der Waals surface area contributed by atoms with Gasteiger partial charge in [0.25, 0.3) is 5.91 Å². The van der Waals surface area contributed by atoms with E-state index in [0.717, 1.165) is 25.2 Å². The van der Waals surface area contributed by atoms with Gasteiger partial charge in [0.2, 0.25) is 0 Å². The van der Waals surface area contributed by atoms with Crippen LogP contribution in [0.25, 0.3) is 0 Å². The Morgan fingerprint density at radius 3 is 2.54 bits per heavy atom. The Bertz CT molecular complexity index is 649. The van der Waals surface area contributed by atoms with Crippen LogP contribution < -0.4 is 10.2 Å². The summed E-state index contributed by atoms with van der Waals surface area (Å²) in [5.41, 5.74) is 2.84. The molecule has 0 unspecified atom stereocenters. The van der Waals surface area contributed by atoms with Gasteiger partial charge in [-0.25, -0.2) is 0 Å². The van der Waals surface area contributed by atoms with Crippen molar-refractivity contribution in [3.05, 3.63) is 59.9 Å². The van der Waals surface area contributed by atoms with Crippen molar-refractivity contribution in [1.29, 1.82) is 0 Å². The minimum Gasteiger partial charge on any atom is -0.371 e. The van der Waals surface area contributed by atoms with Crippen LogP contribution in [-0.4, -0.2) is 30.5 Å². The molecule has 126 valence electrons. The van der Waals surface area contributed by atoms with E-state index >= 15 is 0 Å². The zero-order valence-electron chi connectivity index (χ0n) is 14.1. The van der Waals surface area contributed by atoms with E-state index in [1.165, 1.54) is 31.2 Å². The summed E-state index contributed by atoms with van der Waals surface area (Å²) in [5.74, 6) is -0.0948. The number of amides is 1. The lowest BCUT2D eigenvalue weighted by Crippen LogP contribution is -2.28. The fourth-order valence-corrected chi connectivity index (χ4v) is 3.12. The zero-order chi connectivity index (χ0) is 16.6.